The van der Waals surface area contributed by atoms with Crippen LogP contribution in [0.15, 0.2) is 46.3 Å². The number of anilines is 1. The predicted molar refractivity (Wildman–Crippen MR) is 109 cm³/mol. The summed E-state index contributed by atoms with van der Waals surface area (Å²) < 4.78 is 0. The number of aryl methyl sites for hydroxylation is 2. The number of nitrogens with one attached hydrogen (secondary N) is 2. The number of nitrogens with zero attached hydrogens (tertiary/aromatic N) is 1. The van der Waals surface area contributed by atoms with Crippen molar-refractivity contribution >= 4 is 40.6 Å². The Kier molecular flexibility index (Phi) is 5.99. The number of nitriles is 1. The van der Waals surface area contributed by atoms with E-state index in [0.717, 1.165) is 21.7 Å². The summed E-state index contributed by atoms with van der Waals surface area (Å²) in [6.07, 6.45) is 0.252. The first-order valence-electron chi connectivity index (χ1n) is 8.46. The zero-order chi connectivity index (χ0) is 19.4. The van der Waals surface area contributed by atoms with Gasteiger partial charge in [-0.05, 0) is 36.4 Å². The molecule has 1 aliphatic heterocycles. The SMILES string of the molecule is Cc1cccc(C)c1NC(=O)CSC1=C(C#N)[C@H](c2cccs2)CC(=O)N1. The second-order valence-electron chi connectivity index (χ2n) is 6.28. The molecule has 0 saturated carbocycles. The predicted octanol–water partition coefficient (Wildman–Crippen LogP) is 4.08. The zero-order valence-corrected chi connectivity index (χ0v) is 16.7. The number of benzene rings is 1. The van der Waals surface area contributed by atoms with Crippen LogP contribution in [-0.2, 0) is 9.59 Å². The van der Waals surface area contributed by atoms with Gasteiger partial charge < -0.3 is 10.6 Å². The van der Waals surface area contributed by atoms with Crippen molar-refractivity contribution < 1.29 is 9.59 Å². The number of carbonyl (C=O) groups excluding carboxylic acids is 2. The molecule has 0 saturated heterocycles. The molecule has 5 nitrogen and oxygen atoms in total. The highest BCUT2D eigenvalue weighted by Gasteiger charge is 2.30. The highest BCUT2D eigenvalue weighted by molar-refractivity contribution is 8.03. The quantitative estimate of drug-likeness (QED) is 0.797. The lowest BCUT2D eigenvalue weighted by Crippen LogP contribution is -2.31. The van der Waals surface area contributed by atoms with Gasteiger partial charge in [0.15, 0.2) is 0 Å². The Morgan fingerprint density at radius 3 is 2.70 bits per heavy atom. The van der Waals surface area contributed by atoms with E-state index in [1.807, 2.05) is 49.6 Å². The molecule has 2 aromatic rings. The maximum atomic E-state index is 12.4. The first-order valence-corrected chi connectivity index (χ1v) is 10.3. The van der Waals surface area contributed by atoms with E-state index in [-0.39, 0.29) is 29.9 Å². The number of amides is 2. The molecule has 7 heteroatoms. The van der Waals surface area contributed by atoms with Crippen LogP contribution in [0.25, 0.3) is 0 Å². The number of hydrogen-bond acceptors (Lipinski definition) is 5. The van der Waals surface area contributed by atoms with Crippen molar-refractivity contribution in [3.63, 3.8) is 0 Å². The first kappa shape index (κ1) is 19.2. The molecule has 2 amide bonds. The lowest BCUT2D eigenvalue weighted by molar-refractivity contribution is -0.121. The molecule has 2 N–H and O–H groups in total. The summed E-state index contributed by atoms with van der Waals surface area (Å²) in [5.74, 6) is -0.432. The van der Waals surface area contributed by atoms with Crippen molar-refractivity contribution in [2.75, 3.05) is 11.1 Å². The Labute approximate surface area is 166 Å². The van der Waals surface area contributed by atoms with Gasteiger partial charge in [-0.25, -0.2) is 0 Å². The minimum atomic E-state index is -0.243. The zero-order valence-electron chi connectivity index (χ0n) is 15.0. The molecule has 27 heavy (non-hydrogen) atoms. The summed E-state index contributed by atoms with van der Waals surface area (Å²) in [6.45, 7) is 3.89. The molecular formula is C20H19N3O2S2. The number of thiophene rings is 1. The van der Waals surface area contributed by atoms with E-state index in [2.05, 4.69) is 16.7 Å². The summed E-state index contributed by atoms with van der Waals surface area (Å²) in [6, 6.07) is 11.9. The lowest BCUT2D eigenvalue weighted by Gasteiger charge is -2.24. The molecular weight excluding hydrogens is 378 g/mol. The first-order chi connectivity index (χ1) is 13.0. The number of rotatable bonds is 5. The molecule has 2 heterocycles. The average molecular weight is 398 g/mol. The van der Waals surface area contributed by atoms with E-state index in [4.69, 9.17) is 0 Å². The number of para-hydroxylation sites is 1. The van der Waals surface area contributed by atoms with Gasteiger partial charge >= 0.3 is 0 Å². The molecule has 0 radical (unpaired) electrons. The van der Waals surface area contributed by atoms with E-state index in [0.29, 0.717) is 10.6 Å². The third-order valence-corrected chi connectivity index (χ3v) is 6.34. The van der Waals surface area contributed by atoms with Crippen molar-refractivity contribution in [3.8, 4) is 6.07 Å². The van der Waals surface area contributed by atoms with Gasteiger partial charge in [0, 0.05) is 22.9 Å². The molecule has 1 aromatic carbocycles. The second-order valence-corrected chi connectivity index (χ2v) is 8.24. The number of allylic oxidation sites excluding steroid dienone is 1. The monoisotopic (exact) mass is 397 g/mol. The van der Waals surface area contributed by atoms with Gasteiger partial charge in [0.05, 0.1) is 22.4 Å². The second kappa shape index (κ2) is 8.42. The van der Waals surface area contributed by atoms with E-state index in [9.17, 15) is 14.9 Å². The Balaban J connectivity index is 1.74. The molecule has 0 spiro atoms. The summed E-state index contributed by atoms with van der Waals surface area (Å²) in [4.78, 5) is 25.5. The van der Waals surface area contributed by atoms with E-state index in [1.165, 1.54) is 23.1 Å². The van der Waals surface area contributed by atoms with Gasteiger partial charge in [-0.15, -0.1) is 11.3 Å². The van der Waals surface area contributed by atoms with Crippen molar-refractivity contribution in [3.05, 3.63) is 62.3 Å². The Bertz CT molecular complexity index is 922. The molecule has 1 aromatic heterocycles. The fourth-order valence-corrected chi connectivity index (χ4v) is 4.70. The van der Waals surface area contributed by atoms with Crippen LogP contribution < -0.4 is 10.6 Å². The average Bonchev–Trinajstić information content (AvgIpc) is 3.17. The third kappa shape index (κ3) is 4.41. The van der Waals surface area contributed by atoms with Crippen molar-refractivity contribution in [2.45, 2.75) is 26.2 Å². The molecule has 0 aliphatic carbocycles. The minimum absolute atomic E-state index is 0.117. The van der Waals surface area contributed by atoms with Crippen molar-refractivity contribution in [2.24, 2.45) is 0 Å². The minimum Gasteiger partial charge on any atom is -0.325 e. The topological polar surface area (TPSA) is 82.0 Å². The number of thioether (sulfide) groups is 1. The fraction of sp³-hybridized carbons (Fsp3) is 0.250. The van der Waals surface area contributed by atoms with Crippen LogP contribution in [0, 0.1) is 25.2 Å². The van der Waals surface area contributed by atoms with Crippen LogP contribution in [-0.4, -0.2) is 17.6 Å². The van der Waals surface area contributed by atoms with Gasteiger partial charge in [-0.2, -0.15) is 5.26 Å². The van der Waals surface area contributed by atoms with Gasteiger partial charge in [0.1, 0.15) is 0 Å². The van der Waals surface area contributed by atoms with Crippen LogP contribution in [0.5, 0.6) is 0 Å². The van der Waals surface area contributed by atoms with Crippen LogP contribution in [0.2, 0.25) is 0 Å². The van der Waals surface area contributed by atoms with Gasteiger partial charge in [-0.1, -0.05) is 36.0 Å². The van der Waals surface area contributed by atoms with Crippen LogP contribution in [0.4, 0.5) is 5.69 Å². The number of hydrogen-bond donors (Lipinski definition) is 2. The Morgan fingerprint density at radius 2 is 2.07 bits per heavy atom. The smallest absolute Gasteiger partial charge is 0.234 e. The normalized spacial score (nSPS) is 16.6. The van der Waals surface area contributed by atoms with E-state index < -0.39 is 0 Å². The fourth-order valence-electron chi connectivity index (χ4n) is 2.99. The van der Waals surface area contributed by atoms with E-state index in [1.54, 1.807) is 0 Å². The molecule has 0 bridgehead atoms. The van der Waals surface area contributed by atoms with Crippen LogP contribution in [0.1, 0.15) is 28.3 Å². The van der Waals surface area contributed by atoms with Crippen LogP contribution in [0.3, 0.4) is 0 Å². The van der Waals surface area contributed by atoms with Gasteiger partial charge in [0.25, 0.3) is 0 Å². The van der Waals surface area contributed by atoms with Crippen molar-refractivity contribution in [1.82, 2.24) is 5.32 Å². The van der Waals surface area contributed by atoms with Gasteiger partial charge in [0.2, 0.25) is 11.8 Å². The lowest BCUT2D eigenvalue weighted by atomic mass is 9.93. The van der Waals surface area contributed by atoms with E-state index >= 15 is 0 Å². The molecule has 0 fully saturated rings. The molecule has 3 rings (SSSR count). The third-order valence-electron chi connectivity index (χ3n) is 4.34. The maximum absolute atomic E-state index is 12.4. The molecule has 1 atom stereocenters. The standard InChI is InChI=1S/C20H19N3O2S2/c1-12-5-3-6-13(2)19(12)22-18(25)11-27-20-15(10-21)14(9-17(24)23-20)16-7-4-8-26-16/h3-8,14H,9,11H2,1-2H3,(H,22,25)(H,23,24)/t14-/m1/s1. The summed E-state index contributed by atoms with van der Waals surface area (Å²) in [7, 11) is 0. The Hall–Kier alpha value is -2.56. The highest BCUT2D eigenvalue weighted by Crippen LogP contribution is 2.37. The highest BCUT2D eigenvalue weighted by atomic mass is 32.2. The molecule has 1 aliphatic rings. The summed E-state index contributed by atoms with van der Waals surface area (Å²) >= 11 is 2.72. The molecule has 0 unspecified atom stereocenters. The Morgan fingerprint density at radius 1 is 1.33 bits per heavy atom. The largest absolute Gasteiger partial charge is 0.325 e. The maximum Gasteiger partial charge on any atom is 0.234 e. The molecule has 138 valence electrons. The van der Waals surface area contributed by atoms with Gasteiger partial charge in [-0.3, -0.25) is 9.59 Å². The number of carbonyl (C=O) groups is 2. The summed E-state index contributed by atoms with van der Waals surface area (Å²) in [5, 5.41) is 17.7. The van der Waals surface area contributed by atoms with Crippen molar-refractivity contribution in [1.29, 1.82) is 5.26 Å². The summed E-state index contributed by atoms with van der Waals surface area (Å²) in [5.41, 5.74) is 3.31. The van der Waals surface area contributed by atoms with Crippen LogP contribution >= 0.6 is 23.1 Å².